The van der Waals surface area contributed by atoms with Crippen LogP contribution >= 0.6 is 11.8 Å². The molecule has 1 aromatic carbocycles. The molecule has 2 heterocycles. The summed E-state index contributed by atoms with van der Waals surface area (Å²) in [6.07, 6.45) is 3.72. The van der Waals surface area contributed by atoms with Gasteiger partial charge < -0.3 is 20.3 Å². The first-order valence-electron chi connectivity index (χ1n) is 9.95. The topological polar surface area (TPSA) is 117 Å². The second kappa shape index (κ2) is 10.8. The van der Waals surface area contributed by atoms with Crippen molar-refractivity contribution < 1.29 is 23.9 Å². The molecule has 0 spiro atoms. The normalized spacial score (nSPS) is 17.8. The number of thioether (sulfide) groups is 1. The molecule has 3 amide bonds. The number of nitrogens with zero attached hydrogens (tertiary/aromatic N) is 2. The average molecular weight is 445 g/mol. The largest absolute Gasteiger partial charge is 0.452 e. The van der Waals surface area contributed by atoms with Crippen molar-refractivity contribution in [2.24, 2.45) is 4.99 Å². The minimum Gasteiger partial charge on any atom is -0.452 e. The smallest absolute Gasteiger partial charge is 0.338 e. The average Bonchev–Trinajstić information content (AvgIpc) is 3.41. The fourth-order valence-electron chi connectivity index (χ4n) is 3.07. The van der Waals surface area contributed by atoms with Gasteiger partial charge in [-0.15, -0.1) is 6.58 Å². The number of aliphatic imine (C=N–C) groups is 1. The summed E-state index contributed by atoms with van der Waals surface area (Å²) in [6.45, 7) is 5.17. The fourth-order valence-corrected chi connectivity index (χ4v) is 4.19. The third kappa shape index (κ3) is 6.42. The van der Waals surface area contributed by atoms with Crippen LogP contribution < -0.4 is 10.6 Å². The van der Waals surface area contributed by atoms with Crippen molar-refractivity contribution in [3.8, 4) is 0 Å². The number of rotatable bonds is 8. The van der Waals surface area contributed by atoms with Gasteiger partial charge in [-0.3, -0.25) is 14.4 Å². The summed E-state index contributed by atoms with van der Waals surface area (Å²) in [7, 11) is 0. The molecule has 10 heteroatoms. The van der Waals surface area contributed by atoms with Gasteiger partial charge in [-0.1, -0.05) is 17.8 Å². The second-order valence-electron chi connectivity index (χ2n) is 7.03. The quantitative estimate of drug-likeness (QED) is 0.462. The number of carbonyl (C=O) groups is 4. The van der Waals surface area contributed by atoms with Crippen LogP contribution in [0.3, 0.4) is 0 Å². The fraction of sp³-hybridized carbons (Fsp3) is 0.381. The van der Waals surface area contributed by atoms with Gasteiger partial charge in [0.05, 0.1) is 5.56 Å². The molecular formula is C21H24N4O5S. The van der Waals surface area contributed by atoms with Gasteiger partial charge in [0.2, 0.25) is 5.91 Å². The highest BCUT2D eigenvalue weighted by Gasteiger charge is 2.33. The van der Waals surface area contributed by atoms with Gasteiger partial charge in [-0.25, -0.2) is 4.79 Å². The van der Waals surface area contributed by atoms with Gasteiger partial charge in [-0.05, 0) is 37.1 Å². The van der Waals surface area contributed by atoms with Gasteiger partial charge in [0, 0.05) is 31.7 Å². The molecule has 2 aliphatic rings. The number of hydrogen-bond donors (Lipinski definition) is 2. The summed E-state index contributed by atoms with van der Waals surface area (Å²) >= 11 is 1.34. The van der Waals surface area contributed by atoms with Gasteiger partial charge in [0.15, 0.2) is 11.8 Å². The number of likely N-dealkylation sites (tertiary alicyclic amines) is 1. The van der Waals surface area contributed by atoms with Gasteiger partial charge in [0.1, 0.15) is 5.25 Å². The lowest BCUT2D eigenvalue weighted by atomic mass is 10.2. The number of nitrogens with one attached hydrogen (secondary N) is 2. The van der Waals surface area contributed by atoms with Gasteiger partial charge in [-0.2, -0.15) is 4.99 Å². The zero-order chi connectivity index (χ0) is 22.2. The van der Waals surface area contributed by atoms with E-state index in [9.17, 15) is 19.2 Å². The molecule has 0 saturated carbocycles. The van der Waals surface area contributed by atoms with Crippen molar-refractivity contribution in [3.63, 3.8) is 0 Å². The van der Waals surface area contributed by atoms with Gasteiger partial charge >= 0.3 is 5.97 Å². The summed E-state index contributed by atoms with van der Waals surface area (Å²) in [5.74, 6) is -1.66. The maximum atomic E-state index is 12.3. The molecule has 0 unspecified atom stereocenters. The van der Waals surface area contributed by atoms with E-state index in [4.69, 9.17) is 4.74 Å². The third-order valence-corrected chi connectivity index (χ3v) is 5.87. The molecular weight excluding hydrogens is 420 g/mol. The number of carbonyl (C=O) groups excluding carboxylic acids is 4. The Hall–Kier alpha value is -3.14. The predicted octanol–water partition coefficient (Wildman–Crippen LogP) is 1.57. The molecule has 0 bridgehead atoms. The van der Waals surface area contributed by atoms with E-state index in [0.717, 1.165) is 25.9 Å². The van der Waals surface area contributed by atoms with Crippen molar-refractivity contribution in [2.75, 3.05) is 31.6 Å². The van der Waals surface area contributed by atoms with Crippen LogP contribution in [0.25, 0.3) is 0 Å². The predicted molar refractivity (Wildman–Crippen MR) is 118 cm³/mol. The number of anilines is 1. The number of esters is 1. The van der Waals surface area contributed by atoms with Crippen LogP contribution in [-0.2, 0) is 19.1 Å². The van der Waals surface area contributed by atoms with E-state index in [-0.39, 0.29) is 30.4 Å². The number of amides is 3. The molecule has 2 N–H and O–H groups in total. The summed E-state index contributed by atoms with van der Waals surface area (Å²) < 4.78 is 4.93. The van der Waals surface area contributed by atoms with E-state index in [2.05, 4.69) is 27.1 Å². The number of ether oxygens (including phenoxy) is 1. The highest BCUT2D eigenvalue weighted by atomic mass is 32.2. The van der Waals surface area contributed by atoms with Crippen LogP contribution in [0.4, 0.5) is 5.69 Å². The highest BCUT2D eigenvalue weighted by molar-refractivity contribution is 8.15. The van der Waals surface area contributed by atoms with Gasteiger partial charge in [0.25, 0.3) is 11.8 Å². The van der Waals surface area contributed by atoms with E-state index < -0.39 is 17.1 Å². The van der Waals surface area contributed by atoms with Crippen molar-refractivity contribution in [3.05, 3.63) is 42.5 Å². The summed E-state index contributed by atoms with van der Waals surface area (Å²) in [5.41, 5.74) is 0.737. The maximum absolute atomic E-state index is 12.3. The first kappa shape index (κ1) is 22.5. The Morgan fingerprint density at radius 2 is 1.90 bits per heavy atom. The Bertz CT molecular complexity index is 894. The SMILES string of the molecule is C=CCNC(=O)COC(=O)c1ccc(NC(=O)C[C@H]2SC(N3CCCC3)=NC2=O)cc1. The minimum absolute atomic E-state index is 0.0218. The molecule has 9 nitrogen and oxygen atoms in total. The molecule has 1 saturated heterocycles. The Labute approximate surface area is 184 Å². The maximum Gasteiger partial charge on any atom is 0.338 e. The second-order valence-corrected chi connectivity index (χ2v) is 8.20. The lowest BCUT2D eigenvalue weighted by Gasteiger charge is -2.16. The van der Waals surface area contributed by atoms with Crippen molar-refractivity contribution >= 4 is 46.3 Å². The first-order chi connectivity index (χ1) is 15.0. The van der Waals surface area contributed by atoms with Crippen LogP contribution in [0.5, 0.6) is 0 Å². The molecule has 1 atom stereocenters. The van der Waals surface area contributed by atoms with Crippen LogP contribution in [0, 0.1) is 0 Å². The van der Waals surface area contributed by atoms with Crippen LogP contribution in [-0.4, -0.2) is 65.2 Å². The number of benzene rings is 1. The molecule has 0 aliphatic carbocycles. The highest BCUT2D eigenvalue weighted by Crippen LogP contribution is 2.29. The Balaban J connectivity index is 1.44. The van der Waals surface area contributed by atoms with Crippen LogP contribution in [0.1, 0.15) is 29.6 Å². The summed E-state index contributed by atoms with van der Waals surface area (Å²) in [5, 5.41) is 5.41. The molecule has 2 aliphatic heterocycles. The van der Waals surface area contributed by atoms with E-state index in [1.54, 1.807) is 12.1 Å². The Morgan fingerprint density at radius 1 is 1.19 bits per heavy atom. The lowest BCUT2D eigenvalue weighted by molar-refractivity contribution is -0.124. The number of hydrogen-bond acceptors (Lipinski definition) is 7. The zero-order valence-corrected chi connectivity index (χ0v) is 17.8. The van der Waals surface area contributed by atoms with Crippen LogP contribution in [0.2, 0.25) is 0 Å². The van der Waals surface area contributed by atoms with Crippen LogP contribution in [0.15, 0.2) is 41.9 Å². The van der Waals surface area contributed by atoms with Crippen molar-refractivity contribution in [2.45, 2.75) is 24.5 Å². The Kier molecular flexibility index (Phi) is 7.82. The monoisotopic (exact) mass is 444 g/mol. The van der Waals surface area contributed by atoms with E-state index in [0.29, 0.717) is 17.4 Å². The summed E-state index contributed by atoms with van der Waals surface area (Å²) in [4.78, 5) is 54.1. The molecule has 0 radical (unpaired) electrons. The van der Waals surface area contributed by atoms with E-state index >= 15 is 0 Å². The zero-order valence-electron chi connectivity index (χ0n) is 17.0. The molecule has 1 aromatic rings. The Morgan fingerprint density at radius 3 is 2.58 bits per heavy atom. The van der Waals surface area contributed by atoms with Crippen molar-refractivity contribution in [1.29, 1.82) is 0 Å². The van der Waals surface area contributed by atoms with E-state index in [1.165, 1.54) is 30.0 Å². The summed E-state index contributed by atoms with van der Waals surface area (Å²) in [6, 6.07) is 6.09. The number of amidine groups is 1. The first-order valence-corrected chi connectivity index (χ1v) is 10.8. The molecule has 31 heavy (non-hydrogen) atoms. The van der Waals surface area contributed by atoms with Crippen molar-refractivity contribution in [1.82, 2.24) is 10.2 Å². The van der Waals surface area contributed by atoms with E-state index in [1.807, 2.05) is 0 Å². The molecule has 3 rings (SSSR count). The molecule has 164 valence electrons. The molecule has 0 aromatic heterocycles. The standard InChI is InChI=1S/C21H24N4O5S/c1-2-9-22-18(27)13-30-20(29)14-5-7-15(8-6-14)23-17(26)12-16-19(28)24-21(31-16)25-10-3-4-11-25/h2,5-8,16H,1,3-4,9-13H2,(H,22,27)(H,23,26)/t16-/m1/s1. The molecule has 1 fully saturated rings. The minimum atomic E-state index is -0.647. The lowest BCUT2D eigenvalue weighted by Crippen LogP contribution is -2.28. The third-order valence-electron chi connectivity index (χ3n) is 4.66.